The second-order valence-electron chi connectivity index (χ2n) is 2.99. The summed E-state index contributed by atoms with van der Waals surface area (Å²) in [6, 6.07) is 4.25. The fourth-order valence-corrected chi connectivity index (χ4v) is 1.26. The maximum Gasteiger partial charge on any atom is 0.484 e. The first kappa shape index (κ1) is 12.3. The first-order valence-corrected chi connectivity index (χ1v) is 4.45. The molecule has 0 fully saturated rings. The predicted molar refractivity (Wildman–Crippen MR) is 52.2 cm³/mol. The molecule has 0 aliphatic rings. The average Bonchev–Trinajstić information content (AvgIpc) is 2.17. The Bertz CT molecular complexity index is 375. The lowest BCUT2D eigenvalue weighted by molar-refractivity contribution is -0.384. The first-order chi connectivity index (χ1) is 7.36. The predicted octanol–water partition coefficient (Wildman–Crippen LogP) is 2.94. The van der Waals surface area contributed by atoms with Crippen molar-refractivity contribution in [1.29, 1.82) is 0 Å². The molecule has 7 heteroatoms. The van der Waals surface area contributed by atoms with E-state index in [0.29, 0.717) is 0 Å². The molecular formula is C9H9F3N2O2. The Morgan fingerprint density at radius 2 is 1.81 bits per heavy atom. The van der Waals surface area contributed by atoms with Crippen LogP contribution >= 0.6 is 0 Å². The van der Waals surface area contributed by atoms with Crippen molar-refractivity contribution < 1.29 is 18.1 Å². The highest BCUT2D eigenvalue weighted by atomic mass is 19.4. The van der Waals surface area contributed by atoms with Gasteiger partial charge in [-0.15, -0.1) is 0 Å². The number of halogens is 3. The molecule has 1 rings (SSSR count). The second kappa shape index (κ2) is 4.38. The maximum absolute atomic E-state index is 12.5. The molecule has 4 nitrogen and oxygen atoms in total. The Hall–Kier alpha value is -1.79. The number of benzene rings is 1. The van der Waals surface area contributed by atoms with Gasteiger partial charge in [0.25, 0.3) is 5.69 Å². The minimum Gasteiger partial charge on any atom is -0.284 e. The number of rotatable bonds is 3. The summed E-state index contributed by atoms with van der Waals surface area (Å²) in [6.45, 7) is 1.11. The van der Waals surface area contributed by atoms with E-state index in [0.717, 1.165) is 24.3 Å². The Kier molecular flexibility index (Phi) is 3.36. The van der Waals surface area contributed by atoms with Crippen molar-refractivity contribution >= 4 is 11.4 Å². The molecule has 16 heavy (non-hydrogen) atoms. The van der Waals surface area contributed by atoms with Gasteiger partial charge in [-0.2, -0.15) is 13.2 Å². The molecule has 1 aromatic rings. The molecule has 0 N–H and O–H groups in total. The number of nitro benzene ring substituents is 1. The van der Waals surface area contributed by atoms with Crippen LogP contribution in [0.15, 0.2) is 24.3 Å². The van der Waals surface area contributed by atoms with Crippen molar-refractivity contribution in [3.8, 4) is 0 Å². The Morgan fingerprint density at radius 1 is 1.31 bits per heavy atom. The highest BCUT2D eigenvalue weighted by molar-refractivity contribution is 5.51. The van der Waals surface area contributed by atoms with E-state index in [1.165, 1.54) is 6.92 Å². The quantitative estimate of drug-likeness (QED) is 0.459. The third kappa shape index (κ3) is 2.62. The Morgan fingerprint density at radius 3 is 2.12 bits per heavy atom. The van der Waals surface area contributed by atoms with Gasteiger partial charge in [-0.3, -0.25) is 15.0 Å². The molecule has 0 amide bonds. The van der Waals surface area contributed by atoms with Gasteiger partial charge in [-0.1, -0.05) is 0 Å². The van der Waals surface area contributed by atoms with Crippen molar-refractivity contribution in [2.45, 2.75) is 13.2 Å². The summed E-state index contributed by atoms with van der Waals surface area (Å²) in [4.78, 5) is 9.86. The van der Waals surface area contributed by atoms with E-state index in [1.807, 2.05) is 0 Å². The number of nitro groups is 1. The van der Waals surface area contributed by atoms with Gasteiger partial charge < -0.3 is 0 Å². The molecule has 0 saturated heterocycles. The van der Waals surface area contributed by atoms with Crippen molar-refractivity contribution in [3.05, 3.63) is 34.4 Å². The third-order valence-electron chi connectivity index (χ3n) is 1.99. The fourth-order valence-electron chi connectivity index (χ4n) is 1.26. The summed E-state index contributed by atoms with van der Waals surface area (Å²) >= 11 is 0. The Balaban J connectivity index is 3.00. The summed E-state index contributed by atoms with van der Waals surface area (Å²) in [5.74, 6) is 0. The molecule has 88 valence electrons. The minimum atomic E-state index is -4.48. The molecule has 0 aliphatic carbocycles. The third-order valence-corrected chi connectivity index (χ3v) is 1.99. The van der Waals surface area contributed by atoms with Gasteiger partial charge in [0.15, 0.2) is 0 Å². The van der Waals surface area contributed by atoms with Gasteiger partial charge in [0.2, 0.25) is 0 Å². The lowest BCUT2D eigenvalue weighted by Gasteiger charge is -2.25. The molecule has 0 aromatic heterocycles. The van der Waals surface area contributed by atoms with Crippen LogP contribution in [0, 0.1) is 10.1 Å². The van der Waals surface area contributed by atoms with Crippen molar-refractivity contribution in [2.75, 3.05) is 11.4 Å². The normalized spacial score (nSPS) is 11.2. The van der Waals surface area contributed by atoms with Crippen LogP contribution in [0.2, 0.25) is 0 Å². The van der Waals surface area contributed by atoms with E-state index < -0.39 is 11.2 Å². The van der Waals surface area contributed by atoms with E-state index in [1.54, 1.807) is 0 Å². The van der Waals surface area contributed by atoms with Gasteiger partial charge in [0, 0.05) is 24.4 Å². The average molecular weight is 234 g/mol. The number of nitrogens with zero attached hydrogens (tertiary/aromatic N) is 2. The summed E-state index contributed by atoms with van der Waals surface area (Å²) in [7, 11) is 0. The number of anilines is 1. The monoisotopic (exact) mass is 234 g/mol. The number of alkyl halides is 3. The van der Waals surface area contributed by atoms with Crippen LogP contribution in [0.25, 0.3) is 0 Å². The summed E-state index contributed by atoms with van der Waals surface area (Å²) in [5.41, 5.74) is -0.345. The van der Waals surface area contributed by atoms with E-state index in [9.17, 15) is 23.3 Å². The first-order valence-electron chi connectivity index (χ1n) is 4.45. The SMILES string of the molecule is CCN(c1ccc([N+](=O)[O-])cc1)C(F)(F)F. The van der Waals surface area contributed by atoms with Crippen LogP contribution in [-0.4, -0.2) is 17.8 Å². The standard InChI is InChI=1S/C9H9F3N2O2/c1-2-13(9(10,11)12)7-3-5-8(6-4-7)14(15)16/h3-6H,2H2,1H3. The van der Waals surface area contributed by atoms with E-state index in [4.69, 9.17) is 0 Å². The van der Waals surface area contributed by atoms with E-state index >= 15 is 0 Å². The zero-order valence-electron chi connectivity index (χ0n) is 8.36. The number of non-ortho nitro benzene ring substituents is 1. The van der Waals surface area contributed by atoms with E-state index in [2.05, 4.69) is 0 Å². The summed E-state index contributed by atoms with van der Waals surface area (Å²) in [5, 5.41) is 10.3. The highest BCUT2D eigenvalue weighted by Gasteiger charge is 2.36. The van der Waals surface area contributed by atoms with Gasteiger partial charge >= 0.3 is 6.30 Å². The van der Waals surface area contributed by atoms with Gasteiger partial charge in [-0.05, 0) is 19.1 Å². The van der Waals surface area contributed by atoms with Crippen LogP contribution in [0.3, 0.4) is 0 Å². The van der Waals surface area contributed by atoms with Crippen molar-refractivity contribution in [3.63, 3.8) is 0 Å². The fraction of sp³-hybridized carbons (Fsp3) is 0.333. The number of hydrogen-bond donors (Lipinski definition) is 0. The van der Waals surface area contributed by atoms with Gasteiger partial charge in [0.05, 0.1) is 4.92 Å². The molecule has 0 bridgehead atoms. The van der Waals surface area contributed by atoms with Crippen LogP contribution in [-0.2, 0) is 0 Å². The minimum absolute atomic E-state index is 0.111. The molecule has 0 saturated carbocycles. The molecule has 0 spiro atoms. The molecule has 0 unspecified atom stereocenters. The molecular weight excluding hydrogens is 225 g/mol. The van der Waals surface area contributed by atoms with Gasteiger partial charge in [-0.25, -0.2) is 0 Å². The molecule has 0 heterocycles. The lowest BCUT2D eigenvalue weighted by Crippen LogP contribution is -2.37. The van der Waals surface area contributed by atoms with Crippen LogP contribution < -0.4 is 4.90 Å². The van der Waals surface area contributed by atoms with Crippen LogP contribution in [0.4, 0.5) is 24.5 Å². The van der Waals surface area contributed by atoms with Crippen molar-refractivity contribution in [1.82, 2.24) is 0 Å². The molecule has 0 atom stereocenters. The molecule has 0 radical (unpaired) electrons. The molecule has 0 aliphatic heterocycles. The summed E-state index contributed by atoms with van der Waals surface area (Å²) < 4.78 is 37.4. The number of hydrogen-bond acceptors (Lipinski definition) is 3. The van der Waals surface area contributed by atoms with Crippen LogP contribution in [0.5, 0.6) is 0 Å². The largest absolute Gasteiger partial charge is 0.484 e. The highest BCUT2D eigenvalue weighted by Crippen LogP contribution is 2.29. The molecule has 1 aromatic carbocycles. The topological polar surface area (TPSA) is 46.4 Å². The lowest BCUT2D eigenvalue weighted by atomic mass is 10.2. The Labute approximate surface area is 89.4 Å². The zero-order chi connectivity index (χ0) is 12.3. The summed E-state index contributed by atoms with van der Waals surface area (Å²) in [6.07, 6.45) is -4.48. The van der Waals surface area contributed by atoms with Crippen molar-refractivity contribution in [2.24, 2.45) is 0 Å². The second-order valence-corrected chi connectivity index (χ2v) is 2.99. The smallest absolute Gasteiger partial charge is 0.284 e. The van der Waals surface area contributed by atoms with Crippen LogP contribution in [0.1, 0.15) is 6.92 Å². The van der Waals surface area contributed by atoms with Gasteiger partial charge in [0.1, 0.15) is 0 Å². The van der Waals surface area contributed by atoms with E-state index in [-0.39, 0.29) is 22.8 Å². The maximum atomic E-state index is 12.5. The zero-order valence-corrected chi connectivity index (χ0v) is 8.36.